The molecule has 2 atom stereocenters. The molecule has 0 aliphatic heterocycles. The second kappa shape index (κ2) is 10.6. The van der Waals surface area contributed by atoms with Crippen molar-refractivity contribution in [2.75, 3.05) is 19.0 Å². The van der Waals surface area contributed by atoms with Gasteiger partial charge in [0.05, 0.1) is 19.8 Å². The van der Waals surface area contributed by atoms with Gasteiger partial charge in [0.15, 0.2) is 5.82 Å². The Balaban J connectivity index is 2.28. The van der Waals surface area contributed by atoms with E-state index < -0.39 is 15.8 Å². The zero-order valence-corrected chi connectivity index (χ0v) is 18.6. The average molecular weight is 439 g/mol. The molecule has 30 heavy (non-hydrogen) atoms. The second-order valence-electron chi connectivity index (χ2n) is 7.69. The molecule has 2 heterocycles. The summed E-state index contributed by atoms with van der Waals surface area (Å²) in [5.41, 5.74) is 0.965. The molecule has 0 bridgehead atoms. The number of rotatable bonds is 11. The first-order chi connectivity index (χ1) is 14.1. The summed E-state index contributed by atoms with van der Waals surface area (Å²) in [5.74, 6) is 1.10. The van der Waals surface area contributed by atoms with Crippen molar-refractivity contribution in [3.05, 3.63) is 35.5 Å². The molecule has 0 saturated carbocycles. The number of aromatic nitrogens is 4. The molecule has 0 saturated heterocycles. The lowest BCUT2D eigenvalue weighted by molar-refractivity contribution is 0.259. The summed E-state index contributed by atoms with van der Waals surface area (Å²) in [7, 11) is -2.25. The van der Waals surface area contributed by atoms with Crippen LogP contribution in [0.5, 0.6) is 5.88 Å². The Hall–Kier alpha value is -2.37. The molecule has 0 aliphatic carbocycles. The molecule has 0 radical (unpaired) electrons. The van der Waals surface area contributed by atoms with Gasteiger partial charge in [0.2, 0.25) is 21.9 Å². The Kier molecular flexibility index (Phi) is 8.44. The standard InChI is InChI=1S/C19H30N6O4S/c1-12(2)7-15(10-26)22-19-24-16(23-17(25-19)11-30(20,27)28)8-13(3)14-5-6-18(29-4)21-9-14/h5-6,9,12-13,15,26H,7-8,10-11H2,1-4H3,(H2,20,27,28)(H,22,23,24,25)/t13-,15-/m1/s1. The third-order valence-electron chi connectivity index (χ3n) is 4.39. The van der Waals surface area contributed by atoms with Crippen LogP contribution in [0.3, 0.4) is 0 Å². The van der Waals surface area contributed by atoms with Crippen molar-refractivity contribution in [1.29, 1.82) is 0 Å². The SMILES string of the molecule is COc1ccc([C@H](C)Cc2nc(CS(N)(=O)=O)nc(N[C@@H](CO)CC(C)C)n2)cn1. The number of nitrogens with zero attached hydrogens (tertiary/aromatic N) is 4. The number of aliphatic hydroxyl groups excluding tert-OH is 1. The lowest BCUT2D eigenvalue weighted by atomic mass is 9.99. The normalized spacial score (nSPS) is 13.8. The highest BCUT2D eigenvalue weighted by Gasteiger charge is 2.18. The number of hydrogen-bond donors (Lipinski definition) is 3. The van der Waals surface area contributed by atoms with Crippen LogP contribution < -0.4 is 15.2 Å². The number of nitrogens with two attached hydrogens (primary N) is 1. The highest BCUT2D eigenvalue weighted by atomic mass is 32.2. The summed E-state index contributed by atoms with van der Waals surface area (Å²) in [5, 5.41) is 17.9. The van der Waals surface area contributed by atoms with Gasteiger partial charge in [-0.3, -0.25) is 0 Å². The van der Waals surface area contributed by atoms with E-state index in [4.69, 9.17) is 9.88 Å². The van der Waals surface area contributed by atoms with Crippen LogP contribution in [0.1, 0.15) is 50.3 Å². The monoisotopic (exact) mass is 438 g/mol. The molecule has 10 nitrogen and oxygen atoms in total. The van der Waals surface area contributed by atoms with Crippen molar-refractivity contribution in [2.45, 2.75) is 51.3 Å². The van der Waals surface area contributed by atoms with E-state index in [9.17, 15) is 13.5 Å². The van der Waals surface area contributed by atoms with Crippen LogP contribution in [0.15, 0.2) is 18.3 Å². The van der Waals surface area contributed by atoms with Crippen LogP contribution in [0, 0.1) is 5.92 Å². The van der Waals surface area contributed by atoms with E-state index in [0.29, 0.717) is 30.5 Å². The fraction of sp³-hybridized carbons (Fsp3) is 0.579. The molecule has 4 N–H and O–H groups in total. The number of sulfonamides is 1. The minimum Gasteiger partial charge on any atom is -0.481 e. The summed E-state index contributed by atoms with van der Waals surface area (Å²) in [4.78, 5) is 17.1. The van der Waals surface area contributed by atoms with E-state index in [2.05, 4.69) is 25.3 Å². The fourth-order valence-corrected chi connectivity index (χ4v) is 3.48. The Bertz CT molecular complexity index is 921. The fourth-order valence-electron chi connectivity index (χ4n) is 3.00. The van der Waals surface area contributed by atoms with Crippen LogP contribution in [0.2, 0.25) is 0 Å². The van der Waals surface area contributed by atoms with Gasteiger partial charge in [-0.05, 0) is 23.8 Å². The minimum atomic E-state index is -3.81. The van der Waals surface area contributed by atoms with Gasteiger partial charge in [-0.25, -0.2) is 23.5 Å². The third-order valence-corrected chi connectivity index (χ3v) is 5.05. The van der Waals surface area contributed by atoms with Crippen molar-refractivity contribution in [1.82, 2.24) is 19.9 Å². The van der Waals surface area contributed by atoms with Gasteiger partial charge in [0.1, 0.15) is 11.6 Å². The highest BCUT2D eigenvalue weighted by molar-refractivity contribution is 7.88. The summed E-state index contributed by atoms with van der Waals surface area (Å²) in [6, 6.07) is 3.42. The number of ether oxygens (including phenoxy) is 1. The van der Waals surface area contributed by atoms with Crippen molar-refractivity contribution in [3.8, 4) is 5.88 Å². The molecule has 0 fully saturated rings. The van der Waals surface area contributed by atoms with E-state index in [1.165, 1.54) is 0 Å². The Labute approximate surface area is 177 Å². The quantitative estimate of drug-likeness (QED) is 0.470. The van der Waals surface area contributed by atoms with Crippen LogP contribution >= 0.6 is 0 Å². The Morgan fingerprint density at radius 3 is 2.40 bits per heavy atom. The molecular formula is C19H30N6O4S. The number of methoxy groups -OCH3 is 1. The van der Waals surface area contributed by atoms with Crippen LogP contribution in [0.4, 0.5) is 5.95 Å². The lowest BCUT2D eigenvalue weighted by Gasteiger charge is -2.19. The van der Waals surface area contributed by atoms with E-state index in [1.807, 2.05) is 26.8 Å². The molecule has 2 rings (SSSR count). The number of pyridine rings is 1. The number of nitrogens with one attached hydrogen (secondary N) is 1. The van der Waals surface area contributed by atoms with Crippen molar-refractivity contribution in [2.24, 2.45) is 11.1 Å². The molecule has 0 unspecified atom stereocenters. The maximum atomic E-state index is 11.5. The van der Waals surface area contributed by atoms with Crippen LogP contribution in [-0.4, -0.2) is 53.2 Å². The van der Waals surface area contributed by atoms with Gasteiger partial charge in [0, 0.05) is 18.7 Å². The molecular weight excluding hydrogens is 408 g/mol. The predicted molar refractivity (Wildman–Crippen MR) is 113 cm³/mol. The molecule has 11 heteroatoms. The third kappa shape index (κ3) is 7.81. The number of hydrogen-bond acceptors (Lipinski definition) is 9. The summed E-state index contributed by atoms with van der Waals surface area (Å²) in [6.45, 7) is 5.98. The van der Waals surface area contributed by atoms with Crippen LogP contribution in [0.25, 0.3) is 0 Å². The van der Waals surface area contributed by atoms with E-state index >= 15 is 0 Å². The topological polar surface area (TPSA) is 153 Å². The van der Waals surface area contributed by atoms with Gasteiger partial charge in [-0.1, -0.05) is 26.8 Å². The first-order valence-electron chi connectivity index (χ1n) is 9.71. The largest absolute Gasteiger partial charge is 0.481 e. The smallest absolute Gasteiger partial charge is 0.226 e. The van der Waals surface area contributed by atoms with Gasteiger partial charge in [-0.2, -0.15) is 9.97 Å². The molecule has 0 spiro atoms. The van der Waals surface area contributed by atoms with E-state index in [-0.39, 0.29) is 30.3 Å². The van der Waals surface area contributed by atoms with Crippen molar-refractivity contribution >= 4 is 16.0 Å². The lowest BCUT2D eigenvalue weighted by Crippen LogP contribution is -2.28. The second-order valence-corrected chi connectivity index (χ2v) is 9.31. The molecule has 0 amide bonds. The van der Waals surface area contributed by atoms with Crippen molar-refractivity contribution in [3.63, 3.8) is 0 Å². The molecule has 0 aromatic carbocycles. The zero-order valence-electron chi connectivity index (χ0n) is 17.7. The maximum Gasteiger partial charge on any atom is 0.226 e. The van der Waals surface area contributed by atoms with Gasteiger partial charge in [-0.15, -0.1) is 0 Å². The molecule has 166 valence electrons. The van der Waals surface area contributed by atoms with E-state index in [1.54, 1.807) is 19.4 Å². The number of anilines is 1. The summed E-state index contributed by atoms with van der Waals surface area (Å²) < 4.78 is 28.2. The number of primary sulfonamides is 1. The van der Waals surface area contributed by atoms with Crippen LogP contribution in [-0.2, 0) is 22.2 Å². The average Bonchev–Trinajstić information content (AvgIpc) is 2.65. The van der Waals surface area contributed by atoms with Crippen molar-refractivity contribution < 1.29 is 18.3 Å². The molecule has 2 aromatic rings. The number of aliphatic hydroxyl groups is 1. The Morgan fingerprint density at radius 2 is 1.87 bits per heavy atom. The summed E-state index contributed by atoms with van der Waals surface area (Å²) >= 11 is 0. The first kappa shape index (κ1) is 23.9. The highest BCUT2D eigenvalue weighted by Crippen LogP contribution is 2.21. The maximum absolute atomic E-state index is 11.5. The minimum absolute atomic E-state index is 0.0188. The van der Waals surface area contributed by atoms with Gasteiger partial charge < -0.3 is 15.2 Å². The molecule has 2 aromatic heterocycles. The first-order valence-corrected chi connectivity index (χ1v) is 11.4. The van der Waals surface area contributed by atoms with Gasteiger partial charge >= 0.3 is 0 Å². The predicted octanol–water partition coefficient (Wildman–Crippen LogP) is 1.23. The Morgan fingerprint density at radius 1 is 1.17 bits per heavy atom. The molecule has 0 aliphatic rings. The summed E-state index contributed by atoms with van der Waals surface area (Å²) in [6.07, 6.45) is 2.87. The van der Waals surface area contributed by atoms with Gasteiger partial charge in [0.25, 0.3) is 0 Å². The zero-order chi connectivity index (χ0) is 22.3. The van der Waals surface area contributed by atoms with E-state index in [0.717, 1.165) is 5.56 Å².